The fourth-order valence-corrected chi connectivity index (χ4v) is 2.30. The summed E-state index contributed by atoms with van der Waals surface area (Å²) in [6, 6.07) is 5.73. The molecule has 118 valence electrons. The van der Waals surface area contributed by atoms with Crippen LogP contribution in [0.2, 0.25) is 0 Å². The third-order valence-electron chi connectivity index (χ3n) is 2.88. The molecule has 0 aromatic heterocycles. The Bertz CT molecular complexity index is 575. The molecule has 0 aliphatic rings. The minimum atomic E-state index is -3.74. The van der Waals surface area contributed by atoms with Crippen molar-refractivity contribution in [2.24, 2.45) is 5.14 Å². The lowest BCUT2D eigenvalue weighted by Crippen LogP contribution is -2.43. The summed E-state index contributed by atoms with van der Waals surface area (Å²) in [5.41, 5.74) is 0.650. The monoisotopic (exact) mass is 315 g/mol. The average molecular weight is 315 g/mol. The van der Waals surface area contributed by atoms with E-state index >= 15 is 0 Å². The molecule has 4 N–H and O–H groups in total. The zero-order valence-corrected chi connectivity index (χ0v) is 12.9. The van der Waals surface area contributed by atoms with Crippen LogP contribution in [-0.2, 0) is 21.3 Å². The van der Waals surface area contributed by atoms with Crippen molar-refractivity contribution in [2.45, 2.75) is 30.8 Å². The predicted octanol–water partition coefficient (Wildman–Crippen LogP) is 0.558. The van der Waals surface area contributed by atoms with Gasteiger partial charge in [0.25, 0.3) is 0 Å². The molecule has 1 rings (SSSR count). The molecule has 21 heavy (non-hydrogen) atoms. The number of nitrogens with one attached hydrogen (secondary N) is 2. The number of nitrogens with two attached hydrogens (primary N) is 1. The van der Waals surface area contributed by atoms with Gasteiger partial charge in [-0.05, 0) is 24.1 Å². The highest BCUT2D eigenvalue weighted by atomic mass is 32.2. The summed E-state index contributed by atoms with van der Waals surface area (Å²) in [5, 5.41) is 10.5. The van der Waals surface area contributed by atoms with Crippen LogP contribution >= 0.6 is 0 Å². The fraction of sp³-hybridized carbons (Fsp3) is 0.462. The summed E-state index contributed by atoms with van der Waals surface area (Å²) < 4.78 is 27.5. The second-order valence-corrected chi connectivity index (χ2v) is 6.14. The van der Waals surface area contributed by atoms with E-state index in [4.69, 9.17) is 9.88 Å². The molecule has 8 heteroatoms. The molecule has 0 radical (unpaired) electrons. The second-order valence-electron chi connectivity index (χ2n) is 4.58. The molecule has 0 aliphatic heterocycles. The van der Waals surface area contributed by atoms with Crippen LogP contribution in [0.4, 0.5) is 4.79 Å². The lowest BCUT2D eigenvalue weighted by Gasteiger charge is -2.16. The third-order valence-corrected chi connectivity index (χ3v) is 3.79. The molecular weight excluding hydrogens is 294 g/mol. The summed E-state index contributed by atoms with van der Waals surface area (Å²) in [6.45, 7) is 2.59. The molecule has 0 fully saturated rings. The van der Waals surface area contributed by atoms with Gasteiger partial charge >= 0.3 is 6.03 Å². The van der Waals surface area contributed by atoms with Gasteiger partial charge in [-0.1, -0.05) is 19.1 Å². The van der Waals surface area contributed by atoms with Gasteiger partial charge < -0.3 is 15.4 Å². The van der Waals surface area contributed by atoms with Crippen LogP contribution in [0.5, 0.6) is 0 Å². The lowest BCUT2D eigenvalue weighted by atomic mass is 10.2. The zero-order valence-electron chi connectivity index (χ0n) is 12.1. The predicted molar refractivity (Wildman–Crippen MR) is 79.1 cm³/mol. The van der Waals surface area contributed by atoms with E-state index in [1.165, 1.54) is 12.1 Å². The average Bonchev–Trinajstić information content (AvgIpc) is 2.44. The van der Waals surface area contributed by atoms with Gasteiger partial charge in [0.15, 0.2) is 0 Å². The lowest BCUT2D eigenvalue weighted by molar-refractivity contribution is 0.163. The van der Waals surface area contributed by atoms with E-state index < -0.39 is 10.0 Å². The highest BCUT2D eigenvalue weighted by Crippen LogP contribution is 2.09. The first-order chi connectivity index (χ1) is 9.86. The molecule has 0 bridgehead atoms. The number of amides is 2. The summed E-state index contributed by atoms with van der Waals surface area (Å²) in [5.74, 6) is 0. The van der Waals surface area contributed by atoms with Gasteiger partial charge in [0, 0.05) is 13.7 Å². The van der Waals surface area contributed by atoms with E-state index in [1.54, 1.807) is 19.2 Å². The van der Waals surface area contributed by atoms with Crippen LogP contribution in [0, 0.1) is 0 Å². The van der Waals surface area contributed by atoms with Crippen molar-refractivity contribution in [1.29, 1.82) is 0 Å². The summed E-state index contributed by atoms with van der Waals surface area (Å²) in [4.78, 5) is 11.7. The second kappa shape index (κ2) is 7.96. The van der Waals surface area contributed by atoms with Gasteiger partial charge in [0.2, 0.25) is 10.0 Å². The quantitative estimate of drug-likeness (QED) is 0.682. The van der Waals surface area contributed by atoms with Gasteiger partial charge in [-0.15, -0.1) is 0 Å². The molecule has 2 amide bonds. The Hall–Kier alpha value is -1.64. The van der Waals surface area contributed by atoms with E-state index in [0.29, 0.717) is 12.2 Å². The Morgan fingerprint density at radius 2 is 2.14 bits per heavy atom. The minimum absolute atomic E-state index is 0.0213. The smallest absolute Gasteiger partial charge is 0.315 e. The van der Waals surface area contributed by atoms with Crippen molar-refractivity contribution in [3.8, 4) is 0 Å². The number of benzene rings is 1. The summed E-state index contributed by atoms with van der Waals surface area (Å²) >= 11 is 0. The van der Waals surface area contributed by atoms with Gasteiger partial charge in [-0.3, -0.25) is 0 Å². The maximum Gasteiger partial charge on any atom is 0.315 e. The highest BCUT2D eigenvalue weighted by molar-refractivity contribution is 7.89. The van der Waals surface area contributed by atoms with Gasteiger partial charge in [-0.2, -0.15) is 0 Å². The number of sulfonamides is 1. The summed E-state index contributed by atoms with van der Waals surface area (Å²) in [6.07, 6.45) is 0.752. The maximum absolute atomic E-state index is 11.7. The van der Waals surface area contributed by atoms with Crippen LogP contribution in [0.25, 0.3) is 0 Å². The molecule has 0 saturated heterocycles. The van der Waals surface area contributed by atoms with E-state index in [-0.39, 0.29) is 23.5 Å². The topological polar surface area (TPSA) is 111 Å². The molecule has 1 atom stereocenters. The van der Waals surface area contributed by atoms with Crippen LogP contribution in [0.15, 0.2) is 29.2 Å². The van der Waals surface area contributed by atoms with Crippen molar-refractivity contribution in [2.75, 3.05) is 13.7 Å². The molecule has 0 heterocycles. The summed E-state index contributed by atoms with van der Waals surface area (Å²) in [7, 11) is -2.17. The number of rotatable bonds is 7. The number of primary sulfonamides is 1. The van der Waals surface area contributed by atoms with Gasteiger partial charge in [0.05, 0.1) is 17.5 Å². The Labute approximate surface area is 124 Å². The van der Waals surface area contributed by atoms with E-state index in [2.05, 4.69) is 10.6 Å². The molecular formula is C13H21N3O4S. The Balaban J connectivity index is 2.57. The number of urea groups is 1. The minimum Gasteiger partial charge on any atom is -0.383 e. The maximum atomic E-state index is 11.7. The molecule has 1 unspecified atom stereocenters. The SMILES string of the molecule is CCC(COC)NC(=O)NCc1cccc(S(N)(=O)=O)c1. The first kappa shape index (κ1) is 17.4. The van der Waals surface area contributed by atoms with Gasteiger partial charge in [0.1, 0.15) is 0 Å². The van der Waals surface area contributed by atoms with Crippen LogP contribution < -0.4 is 15.8 Å². The Morgan fingerprint density at radius 1 is 1.43 bits per heavy atom. The van der Waals surface area contributed by atoms with Crippen molar-refractivity contribution < 1.29 is 17.9 Å². The standard InChI is InChI=1S/C13H21N3O4S/c1-3-11(9-20-2)16-13(17)15-8-10-5-4-6-12(7-10)21(14,18)19/h4-7,11H,3,8-9H2,1-2H3,(H2,14,18,19)(H2,15,16,17). The first-order valence-electron chi connectivity index (χ1n) is 6.51. The van der Waals surface area contributed by atoms with Crippen LogP contribution in [0.3, 0.4) is 0 Å². The zero-order chi connectivity index (χ0) is 15.9. The van der Waals surface area contributed by atoms with Crippen molar-refractivity contribution in [1.82, 2.24) is 10.6 Å². The van der Waals surface area contributed by atoms with Crippen LogP contribution in [-0.4, -0.2) is 34.2 Å². The number of hydrogen-bond donors (Lipinski definition) is 3. The van der Waals surface area contributed by atoms with E-state index in [9.17, 15) is 13.2 Å². The number of methoxy groups -OCH3 is 1. The fourth-order valence-electron chi connectivity index (χ4n) is 1.71. The largest absolute Gasteiger partial charge is 0.383 e. The molecule has 7 nitrogen and oxygen atoms in total. The number of ether oxygens (including phenoxy) is 1. The van der Waals surface area contributed by atoms with E-state index in [1.807, 2.05) is 6.92 Å². The molecule has 1 aromatic rings. The molecule has 0 aliphatic carbocycles. The number of hydrogen-bond acceptors (Lipinski definition) is 4. The molecule has 1 aromatic carbocycles. The van der Waals surface area contributed by atoms with Crippen molar-refractivity contribution >= 4 is 16.1 Å². The number of carbonyl (C=O) groups is 1. The van der Waals surface area contributed by atoms with Crippen molar-refractivity contribution in [3.63, 3.8) is 0 Å². The first-order valence-corrected chi connectivity index (χ1v) is 8.06. The van der Waals surface area contributed by atoms with E-state index in [0.717, 1.165) is 6.42 Å². The van der Waals surface area contributed by atoms with Gasteiger partial charge in [-0.25, -0.2) is 18.4 Å². The Kier molecular flexibility index (Phi) is 6.60. The highest BCUT2D eigenvalue weighted by Gasteiger charge is 2.11. The van der Waals surface area contributed by atoms with Crippen LogP contribution in [0.1, 0.15) is 18.9 Å². The normalized spacial score (nSPS) is 12.7. The Morgan fingerprint density at radius 3 is 2.71 bits per heavy atom. The number of carbonyl (C=O) groups excluding carboxylic acids is 1. The third kappa shape index (κ3) is 6.11. The molecule has 0 saturated carbocycles. The molecule has 0 spiro atoms. The van der Waals surface area contributed by atoms with Crippen molar-refractivity contribution in [3.05, 3.63) is 29.8 Å².